The molecule has 0 heterocycles. The molecule has 2 aromatic rings. The zero-order valence-corrected chi connectivity index (χ0v) is 17.0. The smallest absolute Gasteiger partial charge is 0.243 e. The Morgan fingerprint density at radius 2 is 1.57 bits per heavy atom. The fourth-order valence-electron chi connectivity index (χ4n) is 2.52. The van der Waals surface area contributed by atoms with Crippen molar-refractivity contribution in [2.75, 3.05) is 18.9 Å². The molecule has 0 saturated heterocycles. The summed E-state index contributed by atoms with van der Waals surface area (Å²) in [7, 11) is -2.37. The van der Waals surface area contributed by atoms with E-state index in [-0.39, 0.29) is 29.8 Å². The summed E-state index contributed by atoms with van der Waals surface area (Å²) in [5, 5.41) is 5.48. The zero-order chi connectivity index (χ0) is 20.7. The van der Waals surface area contributed by atoms with Crippen LogP contribution in [0.2, 0.25) is 0 Å². The van der Waals surface area contributed by atoms with Crippen molar-refractivity contribution in [1.82, 2.24) is 9.62 Å². The first-order chi connectivity index (χ1) is 13.2. The van der Waals surface area contributed by atoms with Crippen molar-refractivity contribution in [3.8, 4) is 0 Å². The van der Waals surface area contributed by atoms with Gasteiger partial charge in [0.1, 0.15) is 0 Å². The van der Waals surface area contributed by atoms with E-state index in [1.807, 2.05) is 13.8 Å². The number of nitrogens with one attached hydrogen (secondary N) is 2. The van der Waals surface area contributed by atoms with E-state index in [1.165, 1.54) is 19.2 Å². The molecule has 0 aliphatic rings. The Morgan fingerprint density at radius 3 is 2.14 bits per heavy atom. The lowest BCUT2D eigenvalue weighted by Gasteiger charge is -2.17. The van der Waals surface area contributed by atoms with Crippen molar-refractivity contribution in [1.29, 1.82) is 0 Å². The van der Waals surface area contributed by atoms with Crippen LogP contribution in [0.25, 0.3) is 0 Å². The molecule has 2 rings (SSSR count). The van der Waals surface area contributed by atoms with Crippen molar-refractivity contribution in [3.05, 3.63) is 60.2 Å². The second-order valence-electron chi connectivity index (χ2n) is 6.72. The Labute approximate surface area is 165 Å². The molecule has 2 amide bonds. The Kier molecular flexibility index (Phi) is 7.31. The predicted octanol–water partition coefficient (Wildman–Crippen LogP) is 2.01. The van der Waals surface area contributed by atoms with Crippen LogP contribution in [-0.2, 0) is 26.0 Å². The number of benzene rings is 2. The minimum Gasteiger partial charge on any atom is -0.354 e. The molecule has 8 heteroatoms. The highest BCUT2D eigenvalue weighted by atomic mass is 32.2. The third-order valence-corrected chi connectivity index (χ3v) is 5.69. The van der Waals surface area contributed by atoms with Gasteiger partial charge in [0, 0.05) is 18.8 Å². The maximum atomic E-state index is 12.5. The minimum absolute atomic E-state index is 0.0699. The number of anilines is 1. The fraction of sp³-hybridized carbons (Fsp3) is 0.300. The van der Waals surface area contributed by atoms with Crippen LogP contribution in [0.3, 0.4) is 0 Å². The molecule has 150 valence electrons. The van der Waals surface area contributed by atoms with Crippen LogP contribution in [-0.4, -0.2) is 44.2 Å². The maximum absolute atomic E-state index is 12.5. The lowest BCUT2D eigenvalue weighted by molar-refractivity contribution is -0.121. The van der Waals surface area contributed by atoms with E-state index in [4.69, 9.17) is 0 Å². The topological polar surface area (TPSA) is 95.6 Å². The standard InChI is InChI=1S/C20H25N3O4S/c1-15(2)21-19(24)13-16-9-11-17(12-10-16)22-20(25)14-23(3)28(26,27)18-7-5-4-6-8-18/h4-12,15H,13-14H2,1-3H3,(H,21,24)(H,22,25). The van der Waals surface area contributed by atoms with Gasteiger partial charge in [-0.1, -0.05) is 30.3 Å². The average molecular weight is 404 g/mol. The van der Waals surface area contributed by atoms with Gasteiger partial charge >= 0.3 is 0 Å². The summed E-state index contributed by atoms with van der Waals surface area (Å²) in [6.45, 7) is 3.48. The van der Waals surface area contributed by atoms with E-state index < -0.39 is 15.9 Å². The van der Waals surface area contributed by atoms with E-state index in [0.717, 1.165) is 9.87 Å². The van der Waals surface area contributed by atoms with Gasteiger partial charge in [-0.3, -0.25) is 9.59 Å². The van der Waals surface area contributed by atoms with Crippen LogP contribution < -0.4 is 10.6 Å². The summed E-state index contributed by atoms with van der Waals surface area (Å²) in [6, 6.07) is 14.9. The van der Waals surface area contributed by atoms with Crippen molar-refractivity contribution in [3.63, 3.8) is 0 Å². The number of hydrogen-bond donors (Lipinski definition) is 2. The summed E-state index contributed by atoms with van der Waals surface area (Å²) >= 11 is 0. The highest BCUT2D eigenvalue weighted by Gasteiger charge is 2.22. The third kappa shape index (κ3) is 6.17. The molecular weight excluding hydrogens is 378 g/mol. The Bertz CT molecular complexity index is 910. The SMILES string of the molecule is CC(C)NC(=O)Cc1ccc(NC(=O)CN(C)S(=O)(=O)c2ccccc2)cc1. The zero-order valence-electron chi connectivity index (χ0n) is 16.2. The Hall–Kier alpha value is -2.71. The Balaban J connectivity index is 1.93. The molecule has 0 fully saturated rings. The number of rotatable bonds is 8. The molecule has 0 saturated carbocycles. The number of nitrogens with zero attached hydrogens (tertiary/aromatic N) is 1. The molecule has 2 N–H and O–H groups in total. The normalized spacial score (nSPS) is 11.5. The third-order valence-electron chi connectivity index (χ3n) is 3.87. The van der Waals surface area contributed by atoms with Crippen LogP contribution in [0.1, 0.15) is 19.4 Å². The minimum atomic E-state index is -3.73. The van der Waals surface area contributed by atoms with Gasteiger partial charge in [0.05, 0.1) is 17.9 Å². The Morgan fingerprint density at radius 1 is 0.964 bits per heavy atom. The lowest BCUT2D eigenvalue weighted by atomic mass is 10.1. The molecule has 7 nitrogen and oxygen atoms in total. The molecule has 0 aliphatic carbocycles. The van der Waals surface area contributed by atoms with E-state index in [9.17, 15) is 18.0 Å². The van der Waals surface area contributed by atoms with Crippen molar-refractivity contribution < 1.29 is 18.0 Å². The summed E-state index contributed by atoms with van der Waals surface area (Å²) in [5.41, 5.74) is 1.35. The molecule has 0 aliphatic heterocycles. The van der Waals surface area contributed by atoms with Crippen LogP contribution >= 0.6 is 0 Å². The van der Waals surface area contributed by atoms with Gasteiger partial charge in [-0.2, -0.15) is 4.31 Å². The first-order valence-electron chi connectivity index (χ1n) is 8.88. The predicted molar refractivity (Wildman–Crippen MR) is 108 cm³/mol. The van der Waals surface area contributed by atoms with Crippen LogP contribution in [0, 0.1) is 0 Å². The molecule has 0 radical (unpaired) electrons. The van der Waals surface area contributed by atoms with Crippen LogP contribution in [0.5, 0.6) is 0 Å². The maximum Gasteiger partial charge on any atom is 0.243 e. The van der Waals surface area contributed by atoms with E-state index in [0.29, 0.717) is 5.69 Å². The van der Waals surface area contributed by atoms with Crippen molar-refractivity contribution in [2.45, 2.75) is 31.2 Å². The molecular formula is C20H25N3O4S. The fourth-order valence-corrected chi connectivity index (χ4v) is 3.67. The lowest BCUT2D eigenvalue weighted by Crippen LogP contribution is -2.34. The monoisotopic (exact) mass is 403 g/mol. The first-order valence-corrected chi connectivity index (χ1v) is 10.3. The number of sulfonamides is 1. The van der Waals surface area contributed by atoms with Crippen molar-refractivity contribution in [2.24, 2.45) is 0 Å². The summed E-state index contributed by atoms with van der Waals surface area (Å²) in [4.78, 5) is 24.1. The molecule has 28 heavy (non-hydrogen) atoms. The molecule has 0 spiro atoms. The van der Waals surface area contributed by atoms with Gasteiger partial charge in [-0.15, -0.1) is 0 Å². The van der Waals surface area contributed by atoms with Gasteiger partial charge in [0.15, 0.2) is 0 Å². The van der Waals surface area contributed by atoms with Crippen LogP contribution in [0.4, 0.5) is 5.69 Å². The van der Waals surface area contributed by atoms with Gasteiger partial charge in [0.25, 0.3) is 0 Å². The average Bonchev–Trinajstić information content (AvgIpc) is 2.63. The largest absolute Gasteiger partial charge is 0.354 e. The molecule has 0 bridgehead atoms. The second kappa shape index (κ2) is 9.48. The van der Waals surface area contributed by atoms with Crippen LogP contribution in [0.15, 0.2) is 59.5 Å². The highest BCUT2D eigenvalue weighted by Crippen LogP contribution is 2.14. The quantitative estimate of drug-likeness (QED) is 0.705. The van der Waals surface area contributed by atoms with E-state index >= 15 is 0 Å². The molecule has 0 atom stereocenters. The van der Waals surface area contributed by atoms with E-state index in [1.54, 1.807) is 42.5 Å². The van der Waals surface area contributed by atoms with Gasteiger partial charge in [0.2, 0.25) is 21.8 Å². The molecule has 2 aromatic carbocycles. The second-order valence-corrected chi connectivity index (χ2v) is 8.76. The summed E-state index contributed by atoms with van der Waals surface area (Å²) in [5.74, 6) is -0.521. The van der Waals surface area contributed by atoms with Gasteiger partial charge in [-0.05, 0) is 43.7 Å². The van der Waals surface area contributed by atoms with Gasteiger partial charge < -0.3 is 10.6 Å². The molecule has 0 unspecified atom stereocenters. The summed E-state index contributed by atoms with van der Waals surface area (Å²) in [6.07, 6.45) is 0.254. The molecule has 0 aromatic heterocycles. The first kappa shape index (κ1) is 21.6. The van der Waals surface area contributed by atoms with Gasteiger partial charge in [-0.25, -0.2) is 8.42 Å². The summed E-state index contributed by atoms with van der Waals surface area (Å²) < 4.78 is 25.9. The number of amides is 2. The number of carbonyl (C=O) groups excluding carboxylic acids is 2. The number of likely N-dealkylation sites (N-methyl/N-ethyl adjacent to an activating group) is 1. The van der Waals surface area contributed by atoms with E-state index in [2.05, 4.69) is 10.6 Å². The number of carbonyl (C=O) groups is 2. The highest BCUT2D eigenvalue weighted by molar-refractivity contribution is 7.89. The van der Waals surface area contributed by atoms with Crippen molar-refractivity contribution >= 4 is 27.5 Å². The number of hydrogen-bond acceptors (Lipinski definition) is 4.